The molecule has 0 saturated heterocycles. The summed E-state index contributed by atoms with van der Waals surface area (Å²) in [5.41, 5.74) is 1.62. The molecule has 0 spiro atoms. The third-order valence-corrected chi connectivity index (χ3v) is 4.36. The highest BCUT2D eigenvalue weighted by atomic mass is 14.3. The maximum Gasteiger partial charge on any atom is -0.0168 e. The molecule has 0 heteroatoms. The molecular weight excluding hydrogens is 180 g/mol. The third kappa shape index (κ3) is 2.53. The van der Waals surface area contributed by atoms with Crippen molar-refractivity contribution < 1.29 is 0 Å². The Bertz CT molecular complexity index is 272. The lowest BCUT2D eigenvalue weighted by Crippen LogP contribution is -2.22. The van der Waals surface area contributed by atoms with Crippen molar-refractivity contribution in [1.29, 1.82) is 0 Å². The van der Waals surface area contributed by atoms with Crippen molar-refractivity contribution >= 4 is 0 Å². The van der Waals surface area contributed by atoms with Crippen molar-refractivity contribution in [3.63, 3.8) is 0 Å². The molecule has 2 aliphatic carbocycles. The molecule has 0 bridgehead atoms. The minimum atomic E-state index is 0.787. The maximum atomic E-state index is 2.54. The van der Waals surface area contributed by atoms with E-state index in [-0.39, 0.29) is 0 Å². The number of hydrogen-bond acceptors (Lipinski definition) is 0. The first-order valence-electron chi connectivity index (χ1n) is 6.52. The summed E-state index contributed by atoms with van der Waals surface area (Å²) in [5, 5.41) is 0. The summed E-state index contributed by atoms with van der Waals surface area (Å²) in [6.45, 7) is 7.05. The minimum absolute atomic E-state index is 0.787. The van der Waals surface area contributed by atoms with Gasteiger partial charge >= 0.3 is 0 Å². The van der Waals surface area contributed by atoms with E-state index in [0.29, 0.717) is 0 Å². The molecule has 3 unspecified atom stereocenters. The first-order chi connectivity index (χ1) is 7.16. The van der Waals surface area contributed by atoms with Crippen LogP contribution in [0.3, 0.4) is 0 Å². The second-order valence-electron chi connectivity index (χ2n) is 5.69. The van der Waals surface area contributed by atoms with E-state index in [0.717, 1.165) is 23.7 Å². The lowest BCUT2D eigenvalue weighted by Gasteiger charge is -2.33. The van der Waals surface area contributed by atoms with Crippen LogP contribution in [0.25, 0.3) is 0 Å². The van der Waals surface area contributed by atoms with Gasteiger partial charge in [-0.2, -0.15) is 0 Å². The maximum absolute atomic E-state index is 2.54. The molecule has 0 heterocycles. The average Bonchev–Trinajstić information content (AvgIpc) is 2.22. The van der Waals surface area contributed by atoms with Gasteiger partial charge < -0.3 is 0 Å². The molecule has 0 N–H and O–H groups in total. The summed E-state index contributed by atoms with van der Waals surface area (Å²) in [4.78, 5) is 0. The van der Waals surface area contributed by atoms with Crippen molar-refractivity contribution in [2.75, 3.05) is 0 Å². The Labute approximate surface area is 94.5 Å². The number of hydrogen-bond donors (Lipinski definition) is 0. The minimum Gasteiger partial charge on any atom is -0.0851 e. The van der Waals surface area contributed by atoms with Crippen molar-refractivity contribution in [1.82, 2.24) is 0 Å². The second kappa shape index (κ2) is 4.55. The summed E-state index contributed by atoms with van der Waals surface area (Å²) in [7, 11) is 0. The number of rotatable bonds is 1. The topological polar surface area (TPSA) is 0 Å². The molecule has 0 fully saturated rings. The molecular formula is C15H24. The van der Waals surface area contributed by atoms with Crippen LogP contribution >= 0.6 is 0 Å². The highest BCUT2D eigenvalue weighted by molar-refractivity contribution is 5.11. The van der Waals surface area contributed by atoms with Gasteiger partial charge in [-0.25, -0.2) is 0 Å². The fourth-order valence-electron chi connectivity index (χ4n) is 3.03. The molecule has 15 heavy (non-hydrogen) atoms. The summed E-state index contributed by atoms with van der Waals surface area (Å²) >= 11 is 0. The van der Waals surface area contributed by atoms with Gasteiger partial charge in [-0.15, -0.1) is 0 Å². The summed E-state index contributed by atoms with van der Waals surface area (Å²) in [6.07, 6.45) is 13.0. The molecule has 0 nitrogen and oxygen atoms in total. The molecule has 0 aromatic carbocycles. The van der Waals surface area contributed by atoms with Gasteiger partial charge in [0.2, 0.25) is 0 Å². The van der Waals surface area contributed by atoms with Crippen LogP contribution < -0.4 is 0 Å². The van der Waals surface area contributed by atoms with E-state index >= 15 is 0 Å². The Kier molecular flexibility index (Phi) is 3.33. The van der Waals surface area contributed by atoms with E-state index in [1.807, 2.05) is 0 Å². The summed E-state index contributed by atoms with van der Waals surface area (Å²) in [6, 6.07) is 0. The summed E-state index contributed by atoms with van der Waals surface area (Å²) in [5.74, 6) is 3.32. The van der Waals surface area contributed by atoms with Crippen molar-refractivity contribution in [2.45, 2.75) is 46.5 Å². The highest BCUT2D eigenvalue weighted by Crippen LogP contribution is 2.37. The zero-order valence-electron chi connectivity index (χ0n) is 10.4. The van der Waals surface area contributed by atoms with E-state index in [9.17, 15) is 0 Å². The summed E-state index contributed by atoms with van der Waals surface area (Å²) < 4.78 is 0. The molecule has 0 saturated carbocycles. The average molecular weight is 204 g/mol. The van der Waals surface area contributed by atoms with Gasteiger partial charge in [0.25, 0.3) is 0 Å². The zero-order chi connectivity index (χ0) is 10.8. The van der Waals surface area contributed by atoms with Crippen molar-refractivity contribution in [3.8, 4) is 0 Å². The second-order valence-corrected chi connectivity index (χ2v) is 5.69. The predicted molar refractivity (Wildman–Crippen MR) is 66.7 cm³/mol. The molecule has 4 atom stereocenters. The van der Waals surface area contributed by atoms with Gasteiger partial charge in [0.15, 0.2) is 0 Å². The Morgan fingerprint density at radius 2 is 1.93 bits per heavy atom. The van der Waals surface area contributed by atoms with Gasteiger partial charge in [0.05, 0.1) is 0 Å². The fraction of sp³-hybridized carbons (Fsp3) is 0.733. The standard InChI is InChI=1S/C15H24/c1-11-5-4-6-14(9-11)15-8-7-12(2)13(3)10-15/h7-9,12-15H,4-6,10H2,1-3H3/t12-,13?,14?,15?/m0/s1. The van der Waals surface area contributed by atoms with Crippen LogP contribution in [0.5, 0.6) is 0 Å². The Hall–Kier alpha value is -0.520. The van der Waals surface area contributed by atoms with Gasteiger partial charge in [-0.3, -0.25) is 0 Å². The number of allylic oxidation sites excluding steroid dienone is 4. The van der Waals surface area contributed by atoms with Crippen LogP contribution in [0.4, 0.5) is 0 Å². The van der Waals surface area contributed by atoms with Gasteiger partial charge in [-0.05, 0) is 56.3 Å². The van der Waals surface area contributed by atoms with Crippen LogP contribution in [0.2, 0.25) is 0 Å². The van der Waals surface area contributed by atoms with Gasteiger partial charge in [-0.1, -0.05) is 37.6 Å². The van der Waals surface area contributed by atoms with Gasteiger partial charge in [0.1, 0.15) is 0 Å². The SMILES string of the molecule is CC1=CC(C2C=C[C@H](C)C(C)C2)CCC1. The molecule has 2 rings (SSSR count). The monoisotopic (exact) mass is 204 g/mol. The van der Waals surface area contributed by atoms with Crippen LogP contribution in [0, 0.1) is 23.7 Å². The molecule has 0 radical (unpaired) electrons. The van der Waals surface area contributed by atoms with E-state index < -0.39 is 0 Å². The molecule has 84 valence electrons. The first-order valence-corrected chi connectivity index (χ1v) is 6.52. The third-order valence-electron chi connectivity index (χ3n) is 4.36. The fourth-order valence-corrected chi connectivity index (χ4v) is 3.03. The van der Waals surface area contributed by atoms with Crippen molar-refractivity contribution in [2.24, 2.45) is 23.7 Å². The van der Waals surface area contributed by atoms with Crippen LogP contribution in [0.15, 0.2) is 23.8 Å². The molecule has 0 aromatic heterocycles. The molecule has 0 aliphatic heterocycles. The van der Waals surface area contributed by atoms with Crippen LogP contribution in [0.1, 0.15) is 46.5 Å². The predicted octanol–water partition coefficient (Wildman–Crippen LogP) is 4.58. The largest absolute Gasteiger partial charge is 0.0851 e. The molecule has 0 aromatic rings. The normalized spacial score (nSPS) is 41.4. The Balaban J connectivity index is 2.05. The highest BCUT2D eigenvalue weighted by Gasteiger charge is 2.26. The quantitative estimate of drug-likeness (QED) is 0.548. The lowest BCUT2D eigenvalue weighted by atomic mass is 9.72. The van der Waals surface area contributed by atoms with E-state index in [4.69, 9.17) is 0 Å². The van der Waals surface area contributed by atoms with Gasteiger partial charge in [0, 0.05) is 0 Å². The van der Waals surface area contributed by atoms with Crippen LogP contribution in [-0.2, 0) is 0 Å². The lowest BCUT2D eigenvalue weighted by molar-refractivity contribution is 0.290. The Morgan fingerprint density at radius 3 is 2.60 bits per heavy atom. The van der Waals surface area contributed by atoms with Crippen molar-refractivity contribution in [3.05, 3.63) is 23.8 Å². The smallest absolute Gasteiger partial charge is 0.0168 e. The van der Waals surface area contributed by atoms with E-state index in [1.165, 1.54) is 25.7 Å². The Morgan fingerprint density at radius 1 is 1.13 bits per heavy atom. The molecule has 2 aliphatic rings. The first kappa shape index (κ1) is 11.0. The van der Waals surface area contributed by atoms with Crippen LogP contribution in [-0.4, -0.2) is 0 Å². The molecule has 0 amide bonds. The van der Waals surface area contributed by atoms with E-state index in [2.05, 4.69) is 39.0 Å². The van der Waals surface area contributed by atoms with E-state index in [1.54, 1.807) is 5.57 Å². The zero-order valence-corrected chi connectivity index (χ0v) is 10.4.